The smallest absolute Gasteiger partial charge is 0.122 e. The molecule has 1 aliphatic carbocycles. The zero-order chi connectivity index (χ0) is 9.60. The summed E-state index contributed by atoms with van der Waals surface area (Å²) in [7, 11) is 0. The van der Waals surface area contributed by atoms with Crippen molar-refractivity contribution in [2.24, 2.45) is 0 Å². The summed E-state index contributed by atoms with van der Waals surface area (Å²) in [6.45, 7) is 0. The van der Waals surface area contributed by atoms with Gasteiger partial charge in [0.05, 0.1) is 6.10 Å². The largest absolute Gasteiger partial charge is 0.390 e. The normalized spacial score (nSPS) is 40.4. The van der Waals surface area contributed by atoms with E-state index in [0.717, 1.165) is 19.3 Å². The van der Waals surface area contributed by atoms with Gasteiger partial charge in [-0.2, -0.15) is 0 Å². The van der Waals surface area contributed by atoms with Gasteiger partial charge in [-0.1, -0.05) is 30.3 Å². The van der Waals surface area contributed by atoms with Crippen LogP contribution in [-0.4, -0.2) is 17.3 Å². The number of benzene rings is 1. The number of hydrogen-bond donors (Lipinski definition) is 1. The van der Waals surface area contributed by atoms with Crippen molar-refractivity contribution in [3.8, 4) is 0 Å². The molecule has 3 atom stereocenters. The highest BCUT2D eigenvalue weighted by atomic mass is 16.6. The molecule has 1 aromatic rings. The van der Waals surface area contributed by atoms with Crippen LogP contribution in [0.25, 0.3) is 0 Å². The Morgan fingerprint density at radius 2 is 2.07 bits per heavy atom. The summed E-state index contributed by atoms with van der Waals surface area (Å²) in [5, 5.41) is 9.72. The van der Waals surface area contributed by atoms with Gasteiger partial charge >= 0.3 is 0 Å². The van der Waals surface area contributed by atoms with Gasteiger partial charge < -0.3 is 9.84 Å². The lowest BCUT2D eigenvalue weighted by molar-refractivity contribution is 0.122. The lowest BCUT2D eigenvalue weighted by Crippen LogP contribution is -2.28. The molecule has 2 nitrogen and oxygen atoms in total. The number of hydrogen-bond acceptors (Lipinski definition) is 2. The van der Waals surface area contributed by atoms with E-state index in [1.54, 1.807) is 0 Å². The summed E-state index contributed by atoms with van der Waals surface area (Å²) in [5.74, 6) is 0. The molecule has 0 bridgehead atoms. The van der Waals surface area contributed by atoms with E-state index in [4.69, 9.17) is 4.74 Å². The van der Waals surface area contributed by atoms with Crippen LogP contribution in [0, 0.1) is 0 Å². The van der Waals surface area contributed by atoms with Gasteiger partial charge in [-0.05, 0) is 24.8 Å². The second-order valence-corrected chi connectivity index (χ2v) is 4.25. The molecular weight excluding hydrogens is 176 g/mol. The summed E-state index contributed by atoms with van der Waals surface area (Å²) in [6, 6.07) is 10.3. The molecule has 1 saturated heterocycles. The standard InChI is InChI=1S/C12H14O2/c13-10-7-4-8-12(11(10)14-12)9-5-2-1-3-6-9/h1-3,5-6,10-11,13H,4,7-8H2/t10-,11+,12+/m1/s1. The fourth-order valence-corrected chi connectivity index (χ4v) is 2.61. The topological polar surface area (TPSA) is 32.8 Å². The van der Waals surface area contributed by atoms with Crippen LogP contribution >= 0.6 is 0 Å². The highest BCUT2D eigenvalue weighted by molar-refractivity contribution is 5.31. The average Bonchev–Trinajstić information content (AvgIpc) is 2.97. The molecule has 1 saturated carbocycles. The molecule has 1 aliphatic heterocycles. The minimum Gasteiger partial charge on any atom is -0.390 e. The number of aliphatic hydroxyl groups excluding tert-OH is 1. The SMILES string of the molecule is O[C@@H]1CCC[C@@]2(c3ccccc3)O[C@@H]12. The molecule has 1 heterocycles. The van der Waals surface area contributed by atoms with E-state index in [9.17, 15) is 5.11 Å². The lowest BCUT2D eigenvalue weighted by atomic mass is 9.82. The molecule has 3 rings (SSSR count). The predicted molar refractivity (Wildman–Crippen MR) is 52.9 cm³/mol. The molecule has 0 amide bonds. The Kier molecular flexibility index (Phi) is 1.70. The number of rotatable bonds is 1. The Hall–Kier alpha value is -0.860. The summed E-state index contributed by atoms with van der Waals surface area (Å²) in [5.41, 5.74) is 1.09. The van der Waals surface area contributed by atoms with Crippen molar-refractivity contribution in [3.63, 3.8) is 0 Å². The van der Waals surface area contributed by atoms with E-state index in [0.29, 0.717) is 0 Å². The molecule has 0 aromatic heterocycles. The van der Waals surface area contributed by atoms with Crippen LogP contribution in [0.2, 0.25) is 0 Å². The first-order chi connectivity index (χ1) is 6.83. The quantitative estimate of drug-likeness (QED) is 0.685. The van der Waals surface area contributed by atoms with Gasteiger partial charge in [-0.15, -0.1) is 0 Å². The summed E-state index contributed by atoms with van der Waals surface area (Å²) in [6.07, 6.45) is 2.80. The molecule has 2 aliphatic rings. The van der Waals surface area contributed by atoms with Gasteiger partial charge in [0.15, 0.2) is 0 Å². The van der Waals surface area contributed by atoms with Gasteiger partial charge in [0.1, 0.15) is 11.7 Å². The fourth-order valence-electron chi connectivity index (χ4n) is 2.61. The Bertz CT molecular complexity index is 335. The number of ether oxygens (including phenoxy) is 1. The van der Waals surface area contributed by atoms with E-state index < -0.39 is 0 Å². The third-order valence-corrected chi connectivity index (χ3v) is 3.40. The minimum absolute atomic E-state index is 0.0543. The van der Waals surface area contributed by atoms with Gasteiger partial charge in [0, 0.05) is 0 Å². The van der Waals surface area contributed by atoms with Crippen molar-refractivity contribution < 1.29 is 9.84 Å². The molecule has 0 spiro atoms. The monoisotopic (exact) mass is 190 g/mol. The van der Waals surface area contributed by atoms with Gasteiger partial charge in [0.25, 0.3) is 0 Å². The first-order valence-corrected chi connectivity index (χ1v) is 5.24. The first-order valence-electron chi connectivity index (χ1n) is 5.24. The molecular formula is C12H14O2. The number of aliphatic hydroxyl groups is 1. The third kappa shape index (κ3) is 1.04. The molecule has 2 heteroatoms. The zero-order valence-electron chi connectivity index (χ0n) is 8.02. The molecule has 14 heavy (non-hydrogen) atoms. The second-order valence-electron chi connectivity index (χ2n) is 4.25. The van der Waals surface area contributed by atoms with Crippen molar-refractivity contribution in [1.29, 1.82) is 0 Å². The van der Waals surface area contributed by atoms with Crippen molar-refractivity contribution in [3.05, 3.63) is 35.9 Å². The summed E-state index contributed by atoms with van der Waals surface area (Å²) in [4.78, 5) is 0. The Labute approximate surface area is 83.5 Å². The van der Waals surface area contributed by atoms with E-state index in [2.05, 4.69) is 12.1 Å². The van der Waals surface area contributed by atoms with Crippen molar-refractivity contribution in [2.75, 3.05) is 0 Å². The van der Waals surface area contributed by atoms with E-state index in [-0.39, 0.29) is 17.8 Å². The minimum atomic E-state index is -0.260. The second kappa shape index (κ2) is 2.81. The highest BCUT2D eigenvalue weighted by Gasteiger charge is 2.62. The Morgan fingerprint density at radius 3 is 2.86 bits per heavy atom. The van der Waals surface area contributed by atoms with Gasteiger partial charge in [-0.25, -0.2) is 0 Å². The van der Waals surface area contributed by atoms with Crippen LogP contribution in [0.5, 0.6) is 0 Å². The van der Waals surface area contributed by atoms with Gasteiger partial charge in [-0.3, -0.25) is 0 Å². The third-order valence-electron chi connectivity index (χ3n) is 3.40. The van der Waals surface area contributed by atoms with Gasteiger partial charge in [0.2, 0.25) is 0 Å². The van der Waals surface area contributed by atoms with Crippen LogP contribution in [0.4, 0.5) is 0 Å². The molecule has 0 unspecified atom stereocenters. The predicted octanol–water partition coefficient (Wildman–Crippen LogP) is 1.83. The molecule has 1 aromatic carbocycles. The van der Waals surface area contributed by atoms with E-state index >= 15 is 0 Å². The summed E-state index contributed by atoms with van der Waals surface area (Å²) < 4.78 is 5.71. The zero-order valence-corrected chi connectivity index (χ0v) is 8.02. The van der Waals surface area contributed by atoms with Crippen LogP contribution in [-0.2, 0) is 10.3 Å². The highest BCUT2D eigenvalue weighted by Crippen LogP contribution is 2.55. The first kappa shape index (κ1) is 8.45. The molecule has 0 radical (unpaired) electrons. The molecule has 1 N–H and O–H groups in total. The fraction of sp³-hybridized carbons (Fsp3) is 0.500. The average molecular weight is 190 g/mol. The van der Waals surface area contributed by atoms with E-state index in [1.807, 2.05) is 18.2 Å². The maximum absolute atomic E-state index is 9.72. The van der Waals surface area contributed by atoms with Crippen molar-refractivity contribution >= 4 is 0 Å². The van der Waals surface area contributed by atoms with Crippen LogP contribution in [0.15, 0.2) is 30.3 Å². The van der Waals surface area contributed by atoms with Crippen molar-refractivity contribution in [1.82, 2.24) is 0 Å². The van der Waals surface area contributed by atoms with Crippen LogP contribution in [0.3, 0.4) is 0 Å². The maximum atomic E-state index is 9.72. The summed E-state index contributed by atoms with van der Waals surface area (Å²) >= 11 is 0. The van der Waals surface area contributed by atoms with E-state index in [1.165, 1.54) is 5.56 Å². The van der Waals surface area contributed by atoms with Crippen molar-refractivity contribution in [2.45, 2.75) is 37.1 Å². The lowest BCUT2D eigenvalue weighted by Gasteiger charge is -2.20. The Balaban J connectivity index is 1.93. The number of fused-ring (bicyclic) bond motifs is 1. The number of epoxide rings is 1. The molecule has 74 valence electrons. The molecule has 2 fully saturated rings. The van der Waals surface area contributed by atoms with Crippen LogP contribution in [0.1, 0.15) is 24.8 Å². The van der Waals surface area contributed by atoms with Crippen LogP contribution < -0.4 is 0 Å². The maximum Gasteiger partial charge on any atom is 0.122 e. The Morgan fingerprint density at radius 1 is 1.29 bits per heavy atom.